The van der Waals surface area contributed by atoms with Crippen LogP contribution < -0.4 is 5.48 Å². The van der Waals surface area contributed by atoms with Crippen molar-refractivity contribution in [3.05, 3.63) is 42.3 Å². The first-order valence-corrected chi connectivity index (χ1v) is 4.11. The summed E-state index contributed by atoms with van der Waals surface area (Å²) in [5.41, 5.74) is 2.74. The number of hydrogen-bond donors (Lipinski definition) is 2. The molecule has 0 unspecified atom stereocenters. The maximum atomic E-state index is 10.6. The van der Waals surface area contributed by atoms with Gasteiger partial charge in [0.2, 0.25) is 5.91 Å². The molecule has 1 aromatic carbocycles. The van der Waals surface area contributed by atoms with Gasteiger partial charge in [0, 0.05) is 6.42 Å². The van der Waals surface area contributed by atoms with E-state index < -0.39 is 0 Å². The Morgan fingerprint density at radius 3 is 2.69 bits per heavy atom. The van der Waals surface area contributed by atoms with Gasteiger partial charge in [-0.3, -0.25) is 10.0 Å². The number of amides is 1. The first-order chi connectivity index (χ1) is 6.33. The molecule has 3 nitrogen and oxygen atoms in total. The molecule has 1 amide bonds. The third-order valence-corrected chi connectivity index (χ3v) is 1.68. The maximum Gasteiger partial charge on any atom is 0.243 e. The van der Waals surface area contributed by atoms with Crippen molar-refractivity contribution >= 4 is 5.91 Å². The Morgan fingerprint density at radius 2 is 2.08 bits per heavy atom. The fourth-order valence-electron chi connectivity index (χ4n) is 1.03. The van der Waals surface area contributed by atoms with Crippen molar-refractivity contribution in [1.29, 1.82) is 0 Å². The highest BCUT2D eigenvalue weighted by Crippen LogP contribution is 2.02. The minimum Gasteiger partial charge on any atom is -0.289 e. The van der Waals surface area contributed by atoms with Crippen LogP contribution in [-0.2, 0) is 11.2 Å². The standard InChI is InChI=1S/C10H12NO2/c12-10(11-13)8-4-7-9-5-2-1-3-6-9/h1-6,13H,7-8H2,(H,11,12). The van der Waals surface area contributed by atoms with Gasteiger partial charge in [-0.05, 0) is 18.4 Å². The molecule has 1 aromatic rings. The van der Waals surface area contributed by atoms with Gasteiger partial charge in [0.05, 0.1) is 0 Å². The number of carbonyl (C=O) groups is 1. The predicted molar refractivity (Wildman–Crippen MR) is 49.0 cm³/mol. The van der Waals surface area contributed by atoms with Crippen molar-refractivity contribution in [2.24, 2.45) is 0 Å². The van der Waals surface area contributed by atoms with Crippen LogP contribution in [0.3, 0.4) is 0 Å². The second-order valence-electron chi connectivity index (χ2n) is 2.72. The quantitative estimate of drug-likeness (QED) is 0.539. The van der Waals surface area contributed by atoms with Gasteiger partial charge in [0.15, 0.2) is 0 Å². The zero-order chi connectivity index (χ0) is 9.52. The molecule has 0 aliphatic heterocycles. The molecule has 0 atom stereocenters. The van der Waals surface area contributed by atoms with Crippen molar-refractivity contribution in [2.45, 2.75) is 12.8 Å². The summed E-state index contributed by atoms with van der Waals surface area (Å²) in [7, 11) is 0. The van der Waals surface area contributed by atoms with Gasteiger partial charge in [0.1, 0.15) is 0 Å². The molecular weight excluding hydrogens is 166 g/mol. The van der Waals surface area contributed by atoms with E-state index in [1.54, 1.807) is 5.48 Å². The molecule has 2 N–H and O–H groups in total. The Bertz CT molecular complexity index is 259. The molecule has 0 aliphatic rings. The summed E-state index contributed by atoms with van der Waals surface area (Å²) in [6.45, 7) is 0. The van der Waals surface area contributed by atoms with Gasteiger partial charge in [-0.15, -0.1) is 0 Å². The summed E-state index contributed by atoms with van der Waals surface area (Å²) in [4.78, 5) is 10.6. The highest BCUT2D eigenvalue weighted by atomic mass is 16.5. The molecule has 0 saturated heterocycles. The molecule has 1 rings (SSSR count). The SMILES string of the molecule is O=C(C[CH]Cc1ccccc1)NO. The Morgan fingerprint density at radius 1 is 1.38 bits per heavy atom. The Balaban J connectivity index is 2.24. The molecule has 3 heteroatoms. The van der Waals surface area contributed by atoms with Gasteiger partial charge >= 0.3 is 0 Å². The molecule has 0 heterocycles. The largest absolute Gasteiger partial charge is 0.289 e. The van der Waals surface area contributed by atoms with Gasteiger partial charge in [-0.2, -0.15) is 0 Å². The Kier molecular flexibility index (Phi) is 3.99. The van der Waals surface area contributed by atoms with E-state index in [9.17, 15) is 4.79 Å². The number of hydrogen-bond acceptors (Lipinski definition) is 2. The van der Waals surface area contributed by atoms with Gasteiger partial charge < -0.3 is 0 Å². The number of hydroxylamine groups is 1. The Labute approximate surface area is 77.4 Å². The summed E-state index contributed by atoms with van der Waals surface area (Å²) < 4.78 is 0. The summed E-state index contributed by atoms with van der Waals surface area (Å²) in [6, 6.07) is 9.84. The smallest absolute Gasteiger partial charge is 0.243 e. The third-order valence-electron chi connectivity index (χ3n) is 1.68. The molecule has 1 radical (unpaired) electrons. The predicted octanol–water partition coefficient (Wildman–Crippen LogP) is 1.33. The van der Waals surface area contributed by atoms with Crippen molar-refractivity contribution < 1.29 is 10.0 Å². The Hall–Kier alpha value is -1.35. The molecule has 13 heavy (non-hydrogen) atoms. The second-order valence-corrected chi connectivity index (χ2v) is 2.72. The summed E-state index contributed by atoms with van der Waals surface area (Å²) in [5.74, 6) is -0.379. The van der Waals surface area contributed by atoms with E-state index in [4.69, 9.17) is 5.21 Å². The first kappa shape index (κ1) is 9.74. The number of carbonyl (C=O) groups excluding carboxylic acids is 1. The van der Waals surface area contributed by atoms with E-state index in [1.165, 1.54) is 0 Å². The van der Waals surface area contributed by atoms with Crippen LogP contribution in [0.5, 0.6) is 0 Å². The van der Waals surface area contributed by atoms with E-state index in [-0.39, 0.29) is 12.3 Å². The van der Waals surface area contributed by atoms with Crippen LogP contribution >= 0.6 is 0 Å². The van der Waals surface area contributed by atoms with Crippen LogP contribution in [-0.4, -0.2) is 11.1 Å². The van der Waals surface area contributed by atoms with E-state index in [1.807, 2.05) is 36.8 Å². The molecule has 0 saturated carbocycles. The van der Waals surface area contributed by atoms with Crippen LogP contribution in [0.15, 0.2) is 30.3 Å². The molecule has 0 spiro atoms. The first-order valence-electron chi connectivity index (χ1n) is 4.11. The van der Waals surface area contributed by atoms with E-state index >= 15 is 0 Å². The molecule has 0 aliphatic carbocycles. The molecule has 0 fully saturated rings. The van der Waals surface area contributed by atoms with Gasteiger partial charge in [0.25, 0.3) is 0 Å². The fourth-order valence-corrected chi connectivity index (χ4v) is 1.03. The third kappa shape index (κ3) is 3.71. The normalized spacial score (nSPS) is 9.62. The van der Waals surface area contributed by atoms with Crippen LogP contribution in [0.4, 0.5) is 0 Å². The van der Waals surface area contributed by atoms with Crippen molar-refractivity contribution in [1.82, 2.24) is 5.48 Å². The lowest BCUT2D eigenvalue weighted by Crippen LogP contribution is -2.18. The summed E-state index contributed by atoms with van der Waals surface area (Å²) in [6.07, 6.45) is 2.81. The number of benzene rings is 1. The van der Waals surface area contributed by atoms with Crippen molar-refractivity contribution in [3.63, 3.8) is 0 Å². The lowest BCUT2D eigenvalue weighted by molar-refractivity contribution is -0.128. The number of nitrogens with one attached hydrogen (secondary N) is 1. The van der Waals surface area contributed by atoms with Crippen LogP contribution in [0, 0.1) is 6.42 Å². The van der Waals surface area contributed by atoms with E-state index in [0.717, 1.165) is 12.0 Å². The zero-order valence-corrected chi connectivity index (χ0v) is 7.23. The minimum atomic E-state index is -0.379. The van der Waals surface area contributed by atoms with Crippen LogP contribution in [0.1, 0.15) is 12.0 Å². The molecule has 69 valence electrons. The van der Waals surface area contributed by atoms with Gasteiger partial charge in [-0.1, -0.05) is 30.3 Å². The number of rotatable bonds is 4. The minimum absolute atomic E-state index is 0.241. The summed E-state index contributed by atoms with van der Waals surface area (Å²) in [5, 5.41) is 8.21. The van der Waals surface area contributed by atoms with Crippen molar-refractivity contribution in [3.8, 4) is 0 Å². The molecule has 0 aromatic heterocycles. The fraction of sp³-hybridized carbons (Fsp3) is 0.200. The van der Waals surface area contributed by atoms with E-state index in [2.05, 4.69) is 0 Å². The topological polar surface area (TPSA) is 49.3 Å². The van der Waals surface area contributed by atoms with Crippen molar-refractivity contribution in [2.75, 3.05) is 0 Å². The molecule has 0 bridgehead atoms. The highest BCUT2D eigenvalue weighted by Gasteiger charge is 1.98. The lowest BCUT2D eigenvalue weighted by Gasteiger charge is -1.99. The monoisotopic (exact) mass is 178 g/mol. The average Bonchev–Trinajstić information content (AvgIpc) is 2.19. The van der Waals surface area contributed by atoms with Crippen LogP contribution in [0.2, 0.25) is 0 Å². The highest BCUT2D eigenvalue weighted by molar-refractivity contribution is 5.75. The van der Waals surface area contributed by atoms with E-state index in [0.29, 0.717) is 0 Å². The second kappa shape index (κ2) is 5.32. The lowest BCUT2D eigenvalue weighted by atomic mass is 10.1. The summed E-state index contributed by atoms with van der Waals surface area (Å²) >= 11 is 0. The van der Waals surface area contributed by atoms with Gasteiger partial charge in [-0.25, -0.2) is 5.48 Å². The maximum absolute atomic E-state index is 10.6. The molecular formula is C10H12NO2. The van der Waals surface area contributed by atoms with Crippen LogP contribution in [0.25, 0.3) is 0 Å². The average molecular weight is 178 g/mol. The zero-order valence-electron chi connectivity index (χ0n) is 7.23.